The number of benzene rings is 2. The largest absolute Gasteiger partial charge is 0.305 e. The SMILES string of the molecule is CC(Cc1ccccc1)NC1(c2ccccc2)CCCCC1.Cl. The molecule has 0 saturated heterocycles. The fourth-order valence-electron chi connectivity index (χ4n) is 3.92. The highest BCUT2D eigenvalue weighted by Gasteiger charge is 2.34. The smallest absolute Gasteiger partial charge is 0.0436 e. The van der Waals surface area contributed by atoms with Gasteiger partial charge >= 0.3 is 0 Å². The maximum Gasteiger partial charge on any atom is 0.0436 e. The third-order valence-corrected chi connectivity index (χ3v) is 4.94. The van der Waals surface area contributed by atoms with Gasteiger partial charge in [0.15, 0.2) is 0 Å². The summed E-state index contributed by atoms with van der Waals surface area (Å²) in [4.78, 5) is 0. The third-order valence-electron chi connectivity index (χ3n) is 4.94. The molecule has 1 unspecified atom stereocenters. The Morgan fingerprint density at radius 3 is 2.04 bits per heavy atom. The second-order valence-electron chi connectivity index (χ2n) is 6.74. The highest BCUT2D eigenvalue weighted by Crippen LogP contribution is 2.37. The van der Waals surface area contributed by atoms with Crippen LogP contribution in [0.2, 0.25) is 0 Å². The van der Waals surface area contributed by atoms with Crippen molar-refractivity contribution in [2.75, 3.05) is 0 Å². The predicted molar refractivity (Wildman–Crippen MR) is 101 cm³/mol. The van der Waals surface area contributed by atoms with Crippen LogP contribution in [-0.4, -0.2) is 6.04 Å². The summed E-state index contributed by atoms with van der Waals surface area (Å²) in [6.45, 7) is 2.33. The summed E-state index contributed by atoms with van der Waals surface area (Å²) in [5, 5.41) is 4.00. The number of halogens is 1. The van der Waals surface area contributed by atoms with E-state index >= 15 is 0 Å². The van der Waals surface area contributed by atoms with Crippen LogP contribution in [0.4, 0.5) is 0 Å². The molecular weight excluding hydrogens is 302 g/mol. The van der Waals surface area contributed by atoms with Crippen LogP contribution < -0.4 is 5.32 Å². The van der Waals surface area contributed by atoms with Gasteiger partial charge in [0, 0.05) is 11.6 Å². The van der Waals surface area contributed by atoms with Crippen molar-refractivity contribution in [3.8, 4) is 0 Å². The molecule has 2 heteroatoms. The van der Waals surface area contributed by atoms with E-state index < -0.39 is 0 Å². The van der Waals surface area contributed by atoms with E-state index in [4.69, 9.17) is 0 Å². The Morgan fingerprint density at radius 2 is 1.43 bits per heavy atom. The first-order chi connectivity index (χ1) is 10.8. The van der Waals surface area contributed by atoms with Crippen molar-refractivity contribution in [1.82, 2.24) is 5.32 Å². The third kappa shape index (κ3) is 4.59. The molecule has 2 aromatic rings. The monoisotopic (exact) mass is 329 g/mol. The molecule has 0 aliphatic heterocycles. The predicted octanol–water partition coefficient (Wildman–Crippen LogP) is 5.49. The van der Waals surface area contributed by atoms with Crippen LogP contribution >= 0.6 is 12.4 Å². The van der Waals surface area contributed by atoms with Gasteiger partial charge < -0.3 is 5.32 Å². The topological polar surface area (TPSA) is 12.0 Å². The Morgan fingerprint density at radius 1 is 0.870 bits per heavy atom. The number of rotatable bonds is 5. The normalized spacial score (nSPS) is 18.0. The second kappa shape index (κ2) is 8.52. The molecule has 1 aliphatic rings. The van der Waals surface area contributed by atoms with Crippen molar-refractivity contribution in [1.29, 1.82) is 0 Å². The lowest BCUT2D eigenvalue weighted by Crippen LogP contribution is -2.48. The molecule has 1 atom stereocenters. The lowest BCUT2D eigenvalue weighted by atomic mass is 9.76. The summed E-state index contributed by atoms with van der Waals surface area (Å²) in [5.41, 5.74) is 3.06. The summed E-state index contributed by atoms with van der Waals surface area (Å²) in [7, 11) is 0. The second-order valence-corrected chi connectivity index (χ2v) is 6.74. The minimum atomic E-state index is 0. The van der Waals surface area contributed by atoms with Gasteiger partial charge in [-0.25, -0.2) is 0 Å². The maximum atomic E-state index is 4.00. The molecule has 3 rings (SSSR count). The van der Waals surface area contributed by atoms with E-state index in [0.29, 0.717) is 6.04 Å². The van der Waals surface area contributed by atoms with Crippen LogP contribution in [0.25, 0.3) is 0 Å². The fourth-order valence-corrected chi connectivity index (χ4v) is 3.92. The quantitative estimate of drug-likeness (QED) is 0.765. The zero-order valence-electron chi connectivity index (χ0n) is 14.0. The Kier molecular flexibility index (Phi) is 6.68. The Bertz CT molecular complexity index is 561. The molecule has 2 aromatic carbocycles. The van der Waals surface area contributed by atoms with E-state index in [9.17, 15) is 0 Å². The summed E-state index contributed by atoms with van der Waals surface area (Å²) in [6.07, 6.45) is 7.66. The lowest BCUT2D eigenvalue weighted by molar-refractivity contribution is 0.211. The maximum absolute atomic E-state index is 4.00. The van der Waals surface area contributed by atoms with Gasteiger partial charge in [0.25, 0.3) is 0 Å². The highest BCUT2D eigenvalue weighted by atomic mass is 35.5. The number of hydrogen-bond acceptors (Lipinski definition) is 1. The van der Waals surface area contributed by atoms with Gasteiger partial charge in [-0.2, -0.15) is 0 Å². The van der Waals surface area contributed by atoms with Gasteiger partial charge in [-0.05, 0) is 37.3 Å². The Balaban J connectivity index is 0.00000192. The van der Waals surface area contributed by atoms with E-state index in [-0.39, 0.29) is 17.9 Å². The lowest BCUT2D eigenvalue weighted by Gasteiger charge is -2.41. The van der Waals surface area contributed by atoms with E-state index in [1.54, 1.807) is 0 Å². The molecule has 124 valence electrons. The molecule has 1 N–H and O–H groups in total. The molecule has 1 fully saturated rings. The summed E-state index contributed by atoms with van der Waals surface area (Å²) >= 11 is 0. The van der Waals surface area contributed by atoms with Crippen LogP contribution in [0, 0.1) is 0 Å². The van der Waals surface area contributed by atoms with Gasteiger partial charge in [-0.1, -0.05) is 79.9 Å². The van der Waals surface area contributed by atoms with Crippen LogP contribution in [-0.2, 0) is 12.0 Å². The van der Waals surface area contributed by atoms with Crippen molar-refractivity contribution < 1.29 is 0 Å². The Hall–Kier alpha value is -1.31. The molecular formula is C21H28ClN. The first kappa shape index (κ1) is 18.0. The van der Waals surface area contributed by atoms with Crippen molar-refractivity contribution in [2.45, 2.75) is 57.0 Å². The van der Waals surface area contributed by atoms with Gasteiger partial charge in [-0.15, -0.1) is 12.4 Å². The van der Waals surface area contributed by atoms with Gasteiger partial charge in [0.05, 0.1) is 0 Å². The molecule has 0 radical (unpaired) electrons. The number of nitrogens with one attached hydrogen (secondary N) is 1. The van der Waals surface area contributed by atoms with E-state index in [2.05, 4.69) is 72.9 Å². The van der Waals surface area contributed by atoms with Gasteiger partial charge in [0.2, 0.25) is 0 Å². The van der Waals surface area contributed by atoms with Crippen LogP contribution in [0.5, 0.6) is 0 Å². The van der Waals surface area contributed by atoms with Crippen LogP contribution in [0.15, 0.2) is 60.7 Å². The van der Waals surface area contributed by atoms with Gasteiger partial charge in [0.1, 0.15) is 0 Å². The molecule has 1 aliphatic carbocycles. The average Bonchev–Trinajstić information content (AvgIpc) is 2.57. The van der Waals surface area contributed by atoms with E-state index in [1.165, 1.54) is 43.2 Å². The fraction of sp³-hybridized carbons (Fsp3) is 0.429. The van der Waals surface area contributed by atoms with Crippen molar-refractivity contribution >= 4 is 12.4 Å². The molecule has 0 aromatic heterocycles. The average molecular weight is 330 g/mol. The van der Waals surface area contributed by atoms with Crippen molar-refractivity contribution in [3.05, 3.63) is 71.8 Å². The summed E-state index contributed by atoms with van der Waals surface area (Å²) in [5.74, 6) is 0. The minimum Gasteiger partial charge on any atom is -0.305 e. The highest BCUT2D eigenvalue weighted by molar-refractivity contribution is 5.85. The molecule has 0 spiro atoms. The standard InChI is InChI=1S/C21H27N.ClH/c1-18(17-19-11-5-2-6-12-19)22-21(15-9-4-10-16-21)20-13-7-3-8-14-20;/h2-3,5-8,11-14,18,22H,4,9-10,15-17H2,1H3;1H. The van der Waals surface area contributed by atoms with E-state index in [1.807, 2.05) is 0 Å². The summed E-state index contributed by atoms with van der Waals surface area (Å²) < 4.78 is 0. The molecule has 1 nitrogen and oxygen atoms in total. The first-order valence-electron chi connectivity index (χ1n) is 8.66. The van der Waals surface area contributed by atoms with Crippen molar-refractivity contribution in [3.63, 3.8) is 0 Å². The molecule has 0 heterocycles. The van der Waals surface area contributed by atoms with Crippen LogP contribution in [0.3, 0.4) is 0 Å². The minimum absolute atomic E-state index is 0. The first-order valence-corrected chi connectivity index (χ1v) is 8.66. The summed E-state index contributed by atoms with van der Waals surface area (Å²) in [6, 6.07) is 22.4. The molecule has 1 saturated carbocycles. The number of hydrogen-bond donors (Lipinski definition) is 1. The van der Waals surface area contributed by atoms with Gasteiger partial charge in [-0.3, -0.25) is 0 Å². The molecule has 0 bridgehead atoms. The Labute approximate surface area is 146 Å². The van der Waals surface area contributed by atoms with E-state index in [0.717, 1.165) is 6.42 Å². The van der Waals surface area contributed by atoms with Crippen LogP contribution in [0.1, 0.15) is 50.2 Å². The zero-order valence-corrected chi connectivity index (χ0v) is 14.8. The molecule has 23 heavy (non-hydrogen) atoms. The zero-order chi connectivity index (χ0) is 15.3. The van der Waals surface area contributed by atoms with Crippen molar-refractivity contribution in [2.24, 2.45) is 0 Å². The molecule has 0 amide bonds.